The van der Waals surface area contributed by atoms with E-state index in [2.05, 4.69) is 4.90 Å². The summed E-state index contributed by atoms with van der Waals surface area (Å²) in [5.41, 5.74) is 0. The molecule has 0 radical (unpaired) electrons. The fraction of sp³-hybridized carbons (Fsp3) is 0.533. The minimum atomic E-state index is 0.269. The first kappa shape index (κ1) is 14.7. The highest BCUT2D eigenvalue weighted by Crippen LogP contribution is 2.24. The van der Waals surface area contributed by atoms with Crippen LogP contribution in [-0.2, 0) is 4.79 Å². The van der Waals surface area contributed by atoms with Crippen molar-refractivity contribution >= 4 is 29.3 Å². The van der Waals surface area contributed by atoms with Gasteiger partial charge in [-0.2, -0.15) is 0 Å². The number of rotatable bonds is 6. The molecule has 0 aromatic heterocycles. The van der Waals surface area contributed by atoms with E-state index in [-0.39, 0.29) is 5.91 Å². The van der Waals surface area contributed by atoms with Gasteiger partial charge < -0.3 is 4.90 Å². The summed E-state index contributed by atoms with van der Waals surface area (Å²) in [6.07, 6.45) is 4.32. The number of alkyl halides is 1. The van der Waals surface area contributed by atoms with Crippen LogP contribution in [0.1, 0.15) is 25.7 Å². The van der Waals surface area contributed by atoms with Gasteiger partial charge in [0.1, 0.15) is 0 Å². The second-order valence-electron chi connectivity index (χ2n) is 4.82. The lowest BCUT2D eigenvalue weighted by Gasteiger charge is -2.24. The lowest BCUT2D eigenvalue weighted by molar-refractivity contribution is -0.129. The van der Waals surface area contributed by atoms with Gasteiger partial charge in [0, 0.05) is 23.4 Å². The maximum Gasteiger partial charge on any atom is 0.233 e. The van der Waals surface area contributed by atoms with Gasteiger partial charge in [-0.1, -0.05) is 18.2 Å². The van der Waals surface area contributed by atoms with Crippen molar-refractivity contribution in [2.45, 2.75) is 36.6 Å². The number of amides is 1. The van der Waals surface area contributed by atoms with Gasteiger partial charge in [-0.3, -0.25) is 4.79 Å². The molecule has 1 aromatic carbocycles. The Hall–Kier alpha value is -0.670. The number of likely N-dealkylation sites (tertiary alicyclic amines) is 1. The quantitative estimate of drug-likeness (QED) is 0.588. The average Bonchev–Trinajstić information content (AvgIpc) is 2.92. The molecule has 4 heteroatoms. The molecular weight excluding hydrogens is 278 g/mol. The van der Waals surface area contributed by atoms with Gasteiger partial charge in [0.05, 0.1) is 5.75 Å². The minimum absolute atomic E-state index is 0.269. The number of carbonyl (C=O) groups excluding carboxylic acids is 1. The standard InChI is InChI=1S/C15H20ClNOS/c16-10-4-6-13-7-5-11-17(13)15(18)12-19-14-8-2-1-3-9-14/h1-3,8-9,13H,4-7,10-12H2. The van der Waals surface area contributed by atoms with Crippen molar-refractivity contribution in [1.29, 1.82) is 0 Å². The third-order valence-electron chi connectivity index (χ3n) is 3.47. The maximum atomic E-state index is 12.3. The summed E-state index contributed by atoms with van der Waals surface area (Å²) in [6.45, 7) is 0.918. The Morgan fingerprint density at radius 1 is 1.37 bits per heavy atom. The zero-order valence-corrected chi connectivity index (χ0v) is 12.6. The van der Waals surface area contributed by atoms with E-state index in [1.54, 1.807) is 11.8 Å². The highest BCUT2D eigenvalue weighted by molar-refractivity contribution is 8.00. The predicted octanol–water partition coefficient (Wildman–Crippen LogP) is 3.79. The van der Waals surface area contributed by atoms with E-state index < -0.39 is 0 Å². The average molecular weight is 298 g/mol. The normalized spacial score (nSPS) is 18.8. The third kappa shape index (κ3) is 4.43. The lowest BCUT2D eigenvalue weighted by atomic mass is 10.1. The highest BCUT2D eigenvalue weighted by atomic mass is 35.5. The molecule has 104 valence electrons. The Kier molecular flexibility index (Phi) is 6.05. The zero-order chi connectivity index (χ0) is 13.5. The highest BCUT2D eigenvalue weighted by Gasteiger charge is 2.27. The first-order valence-electron chi connectivity index (χ1n) is 6.84. The topological polar surface area (TPSA) is 20.3 Å². The number of nitrogens with zero attached hydrogens (tertiary/aromatic N) is 1. The van der Waals surface area contributed by atoms with Crippen LogP contribution in [0.2, 0.25) is 0 Å². The van der Waals surface area contributed by atoms with E-state index in [0.29, 0.717) is 17.7 Å². The molecule has 0 aliphatic carbocycles. The van der Waals surface area contributed by atoms with Crippen LogP contribution in [0.3, 0.4) is 0 Å². The van der Waals surface area contributed by atoms with Crippen molar-refractivity contribution in [3.05, 3.63) is 30.3 Å². The number of hydrogen-bond donors (Lipinski definition) is 0. The summed E-state index contributed by atoms with van der Waals surface area (Å²) < 4.78 is 0. The van der Waals surface area contributed by atoms with Crippen molar-refractivity contribution in [3.8, 4) is 0 Å². The molecule has 1 fully saturated rings. The van der Waals surface area contributed by atoms with Gasteiger partial charge in [-0.15, -0.1) is 23.4 Å². The minimum Gasteiger partial charge on any atom is -0.339 e. The molecule has 2 rings (SSSR count). The van der Waals surface area contributed by atoms with Crippen molar-refractivity contribution in [1.82, 2.24) is 4.90 Å². The summed E-state index contributed by atoms with van der Waals surface area (Å²) in [4.78, 5) is 15.5. The molecule has 0 saturated carbocycles. The summed E-state index contributed by atoms with van der Waals surface area (Å²) >= 11 is 7.36. The van der Waals surface area contributed by atoms with Crippen molar-refractivity contribution in [3.63, 3.8) is 0 Å². The Bertz CT molecular complexity index is 398. The third-order valence-corrected chi connectivity index (χ3v) is 4.74. The molecule has 1 unspecified atom stereocenters. The van der Waals surface area contributed by atoms with Crippen LogP contribution in [0.15, 0.2) is 35.2 Å². The van der Waals surface area contributed by atoms with Gasteiger partial charge in [0.25, 0.3) is 0 Å². The first-order valence-corrected chi connectivity index (χ1v) is 8.36. The van der Waals surface area contributed by atoms with Gasteiger partial charge in [0.2, 0.25) is 5.91 Å². The van der Waals surface area contributed by atoms with Crippen molar-refractivity contribution < 1.29 is 4.79 Å². The summed E-state index contributed by atoms with van der Waals surface area (Å²) in [5.74, 6) is 1.50. The molecule has 19 heavy (non-hydrogen) atoms. The molecule has 1 heterocycles. The van der Waals surface area contributed by atoms with E-state index in [0.717, 1.165) is 37.1 Å². The Morgan fingerprint density at radius 3 is 2.89 bits per heavy atom. The summed E-state index contributed by atoms with van der Waals surface area (Å²) in [5, 5.41) is 0. The Balaban J connectivity index is 1.82. The number of halogens is 1. The Labute approximate surface area is 124 Å². The lowest BCUT2D eigenvalue weighted by Crippen LogP contribution is -2.36. The largest absolute Gasteiger partial charge is 0.339 e. The molecule has 0 bridgehead atoms. The van der Waals surface area contributed by atoms with Crippen LogP contribution in [0, 0.1) is 0 Å². The number of benzene rings is 1. The Morgan fingerprint density at radius 2 is 2.16 bits per heavy atom. The first-order chi connectivity index (χ1) is 9.31. The zero-order valence-electron chi connectivity index (χ0n) is 11.1. The van der Waals surface area contributed by atoms with Gasteiger partial charge in [-0.25, -0.2) is 0 Å². The van der Waals surface area contributed by atoms with Gasteiger partial charge >= 0.3 is 0 Å². The van der Waals surface area contributed by atoms with Crippen molar-refractivity contribution in [2.24, 2.45) is 0 Å². The van der Waals surface area contributed by atoms with E-state index in [1.165, 1.54) is 0 Å². The fourth-order valence-electron chi connectivity index (χ4n) is 2.52. The second-order valence-corrected chi connectivity index (χ2v) is 6.24. The molecule has 1 aliphatic heterocycles. The number of hydrogen-bond acceptors (Lipinski definition) is 2. The second kappa shape index (κ2) is 7.81. The molecule has 1 atom stereocenters. The van der Waals surface area contributed by atoms with Gasteiger partial charge in [-0.05, 0) is 37.8 Å². The molecule has 1 aromatic rings. The molecule has 0 N–H and O–H groups in total. The van der Waals surface area contributed by atoms with Crippen LogP contribution in [-0.4, -0.2) is 35.0 Å². The van der Waals surface area contributed by atoms with E-state index >= 15 is 0 Å². The van der Waals surface area contributed by atoms with Crippen molar-refractivity contribution in [2.75, 3.05) is 18.2 Å². The fourth-order valence-corrected chi connectivity index (χ4v) is 3.48. The molecular formula is C15H20ClNOS. The van der Waals surface area contributed by atoms with Crippen LogP contribution in [0.4, 0.5) is 0 Å². The van der Waals surface area contributed by atoms with E-state index in [4.69, 9.17) is 11.6 Å². The monoisotopic (exact) mass is 297 g/mol. The van der Waals surface area contributed by atoms with Crippen LogP contribution in [0.5, 0.6) is 0 Å². The summed E-state index contributed by atoms with van der Waals surface area (Å²) in [7, 11) is 0. The van der Waals surface area contributed by atoms with Gasteiger partial charge in [0.15, 0.2) is 0 Å². The van der Waals surface area contributed by atoms with Crippen LogP contribution in [0.25, 0.3) is 0 Å². The van der Waals surface area contributed by atoms with E-state index in [9.17, 15) is 4.79 Å². The maximum absolute atomic E-state index is 12.3. The number of carbonyl (C=O) groups is 1. The molecule has 1 amide bonds. The van der Waals surface area contributed by atoms with Crippen LogP contribution < -0.4 is 0 Å². The molecule has 0 spiro atoms. The van der Waals surface area contributed by atoms with Crippen LogP contribution >= 0.6 is 23.4 Å². The number of thioether (sulfide) groups is 1. The smallest absolute Gasteiger partial charge is 0.233 e. The SMILES string of the molecule is O=C(CSc1ccccc1)N1CCCC1CCCCl. The molecule has 1 aliphatic rings. The molecule has 1 saturated heterocycles. The van der Waals surface area contributed by atoms with E-state index in [1.807, 2.05) is 30.3 Å². The molecule has 2 nitrogen and oxygen atoms in total. The summed E-state index contributed by atoms with van der Waals surface area (Å²) in [6, 6.07) is 10.5. The predicted molar refractivity (Wildman–Crippen MR) is 81.9 cm³/mol.